The Balaban J connectivity index is 2.12. The smallest absolute Gasteiger partial charge is 0.156 e. The van der Waals surface area contributed by atoms with Crippen LogP contribution in [0.4, 0.5) is 0 Å². The summed E-state index contributed by atoms with van der Waals surface area (Å²) in [5.74, 6) is 0. The molecule has 0 saturated carbocycles. The average molecular weight is 305 g/mol. The summed E-state index contributed by atoms with van der Waals surface area (Å²) in [4.78, 5) is 0. The van der Waals surface area contributed by atoms with E-state index < -0.39 is 8.07 Å². The van der Waals surface area contributed by atoms with Gasteiger partial charge in [-0.2, -0.15) is 0 Å². The first-order chi connectivity index (χ1) is 9.49. The van der Waals surface area contributed by atoms with Crippen LogP contribution in [0.3, 0.4) is 0 Å². The predicted molar refractivity (Wildman–Crippen MR) is 83.9 cm³/mol. The first-order valence-corrected chi connectivity index (χ1v) is 11.0. The average Bonchev–Trinajstić information content (AvgIpc) is 3.23. The van der Waals surface area contributed by atoms with E-state index in [9.17, 15) is 0 Å². The third-order valence-corrected chi connectivity index (χ3v) is 9.05. The summed E-state index contributed by atoms with van der Waals surface area (Å²) in [7, 11) is 2.22. The van der Waals surface area contributed by atoms with Gasteiger partial charge in [-0.1, -0.05) is 32.5 Å². The van der Waals surface area contributed by atoms with Crippen LogP contribution >= 0.6 is 0 Å². The van der Waals surface area contributed by atoms with E-state index in [-0.39, 0.29) is 6.29 Å². The van der Waals surface area contributed by atoms with Crippen molar-refractivity contribution in [3.05, 3.63) is 0 Å². The van der Waals surface area contributed by atoms with Crippen LogP contribution < -0.4 is 0 Å². The molecule has 0 amide bonds. The molecule has 1 aliphatic heterocycles. The number of hydrogen-bond acceptors (Lipinski definition) is 4. The molecule has 1 heterocycles. The summed E-state index contributed by atoms with van der Waals surface area (Å²) in [5.41, 5.74) is 0.803. The largest absolute Gasteiger partial charge is 0.379 e. The van der Waals surface area contributed by atoms with Crippen molar-refractivity contribution in [1.82, 2.24) is 0 Å². The van der Waals surface area contributed by atoms with Gasteiger partial charge in [-0.3, -0.25) is 0 Å². The Morgan fingerprint density at radius 2 is 1.85 bits per heavy atom. The van der Waals surface area contributed by atoms with Crippen LogP contribution in [-0.4, -0.2) is 54.5 Å². The lowest BCUT2D eigenvalue weighted by Gasteiger charge is -2.31. The Morgan fingerprint density at radius 3 is 2.40 bits per heavy atom. The van der Waals surface area contributed by atoms with Crippen LogP contribution in [0.25, 0.3) is 0 Å². The quantitative estimate of drug-likeness (QED) is 0.240. The van der Waals surface area contributed by atoms with Crippen LogP contribution in [0.5, 0.6) is 0 Å². The van der Waals surface area contributed by atoms with Gasteiger partial charge in [0.25, 0.3) is 0 Å². The zero-order chi connectivity index (χ0) is 15.0. The first-order valence-electron chi connectivity index (χ1n) is 7.74. The highest BCUT2D eigenvalue weighted by molar-refractivity contribution is 6.78. The summed E-state index contributed by atoms with van der Waals surface area (Å²) < 4.78 is 21.3. The third-order valence-electron chi connectivity index (χ3n) is 4.52. The molecule has 0 aromatic rings. The van der Waals surface area contributed by atoms with E-state index in [4.69, 9.17) is 18.9 Å². The SMILES string of the molecule is COC(CC[Si](C)(C)C(C)CCCOCC1CO1)OC. The van der Waals surface area contributed by atoms with Gasteiger partial charge < -0.3 is 18.9 Å². The van der Waals surface area contributed by atoms with Crippen molar-refractivity contribution in [3.63, 3.8) is 0 Å². The summed E-state index contributed by atoms with van der Waals surface area (Å²) in [6.07, 6.45) is 3.76. The molecule has 0 spiro atoms. The predicted octanol–water partition coefficient (Wildman–Crippen LogP) is 3.29. The fraction of sp³-hybridized carbons (Fsp3) is 1.00. The molecule has 0 aromatic heterocycles. The minimum Gasteiger partial charge on any atom is -0.379 e. The van der Waals surface area contributed by atoms with E-state index in [1.165, 1.54) is 12.5 Å². The van der Waals surface area contributed by atoms with Crippen molar-refractivity contribution in [3.8, 4) is 0 Å². The lowest BCUT2D eigenvalue weighted by atomic mass is 10.2. The van der Waals surface area contributed by atoms with Gasteiger partial charge in [-0.25, -0.2) is 0 Å². The molecule has 0 aromatic carbocycles. The van der Waals surface area contributed by atoms with Crippen molar-refractivity contribution in [2.45, 2.75) is 63.3 Å². The van der Waals surface area contributed by atoms with Gasteiger partial charge >= 0.3 is 0 Å². The third kappa shape index (κ3) is 7.18. The van der Waals surface area contributed by atoms with E-state index in [2.05, 4.69) is 20.0 Å². The van der Waals surface area contributed by atoms with Crippen molar-refractivity contribution >= 4 is 8.07 Å². The van der Waals surface area contributed by atoms with Gasteiger partial charge in [0.1, 0.15) is 6.10 Å². The molecule has 5 heteroatoms. The molecule has 1 saturated heterocycles. The van der Waals surface area contributed by atoms with Gasteiger partial charge in [0.05, 0.1) is 21.3 Å². The summed E-state index contributed by atoms with van der Waals surface area (Å²) in [6, 6.07) is 1.25. The number of methoxy groups -OCH3 is 2. The Kier molecular flexibility index (Phi) is 8.29. The number of ether oxygens (including phenoxy) is 4. The van der Waals surface area contributed by atoms with Gasteiger partial charge in [0, 0.05) is 20.8 Å². The highest BCUT2D eigenvalue weighted by atomic mass is 28.3. The standard InChI is InChI=1S/C15H32O4Si/c1-13(7-6-9-18-11-14-12-19-14)20(4,5)10-8-15(16-2)17-3/h13-15H,6-12H2,1-5H3. The van der Waals surface area contributed by atoms with Gasteiger partial charge in [0.15, 0.2) is 6.29 Å². The van der Waals surface area contributed by atoms with E-state index in [1.54, 1.807) is 14.2 Å². The number of rotatable bonds is 12. The number of epoxide rings is 1. The summed E-state index contributed by atoms with van der Waals surface area (Å²) in [6.45, 7) is 9.87. The monoisotopic (exact) mass is 304 g/mol. The van der Waals surface area contributed by atoms with E-state index >= 15 is 0 Å². The van der Waals surface area contributed by atoms with Crippen LogP contribution in [0, 0.1) is 0 Å². The molecule has 1 rings (SSSR count). The fourth-order valence-electron chi connectivity index (χ4n) is 2.33. The second-order valence-corrected chi connectivity index (χ2v) is 12.0. The Bertz CT molecular complexity index is 252. The van der Waals surface area contributed by atoms with Crippen LogP contribution in [0.1, 0.15) is 26.2 Å². The molecule has 4 nitrogen and oxygen atoms in total. The highest BCUT2D eigenvalue weighted by Crippen LogP contribution is 2.31. The van der Waals surface area contributed by atoms with Gasteiger partial charge in [0.2, 0.25) is 0 Å². The van der Waals surface area contributed by atoms with Crippen LogP contribution in [0.15, 0.2) is 0 Å². The summed E-state index contributed by atoms with van der Waals surface area (Å²) >= 11 is 0. The maximum Gasteiger partial charge on any atom is 0.156 e. The topological polar surface area (TPSA) is 40.2 Å². The molecule has 0 bridgehead atoms. The maximum atomic E-state index is 5.60. The molecule has 0 radical (unpaired) electrons. The van der Waals surface area contributed by atoms with Crippen LogP contribution in [0.2, 0.25) is 24.7 Å². The van der Waals surface area contributed by atoms with Gasteiger partial charge in [-0.05, 0) is 18.4 Å². The van der Waals surface area contributed by atoms with Crippen molar-refractivity contribution in [2.75, 3.05) is 34.0 Å². The first kappa shape index (κ1) is 18.1. The second-order valence-electron chi connectivity index (χ2n) is 6.50. The van der Waals surface area contributed by atoms with E-state index in [0.29, 0.717) is 6.10 Å². The molecular formula is C15H32O4Si. The molecule has 0 N–H and O–H groups in total. The molecule has 1 aliphatic rings. The zero-order valence-electron chi connectivity index (χ0n) is 13.8. The van der Waals surface area contributed by atoms with E-state index in [0.717, 1.165) is 38.2 Å². The molecule has 1 fully saturated rings. The lowest BCUT2D eigenvalue weighted by Crippen LogP contribution is -2.32. The fourth-order valence-corrected chi connectivity index (χ4v) is 4.79. The second kappa shape index (κ2) is 9.15. The van der Waals surface area contributed by atoms with Crippen LogP contribution in [-0.2, 0) is 18.9 Å². The molecular weight excluding hydrogens is 272 g/mol. The molecule has 0 aliphatic carbocycles. The lowest BCUT2D eigenvalue weighted by molar-refractivity contribution is -0.103. The number of hydrogen-bond donors (Lipinski definition) is 0. The minimum absolute atomic E-state index is 0.0455. The van der Waals surface area contributed by atoms with Crippen molar-refractivity contribution < 1.29 is 18.9 Å². The summed E-state index contributed by atoms with van der Waals surface area (Å²) in [5, 5.41) is 0. The molecule has 120 valence electrons. The Morgan fingerprint density at radius 1 is 1.20 bits per heavy atom. The normalized spacial score (nSPS) is 20.4. The Hall–Kier alpha value is 0.0569. The van der Waals surface area contributed by atoms with Crippen molar-refractivity contribution in [1.29, 1.82) is 0 Å². The van der Waals surface area contributed by atoms with Crippen molar-refractivity contribution in [2.24, 2.45) is 0 Å². The Labute approximate surface area is 125 Å². The van der Waals surface area contributed by atoms with E-state index in [1.807, 2.05) is 0 Å². The molecule has 20 heavy (non-hydrogen) atoms. The van der Waals surface area contributed by atoms with Gasteiger partial charge in [-0.15, -0.1) is 0 Å². The maximum absolute atomic E-state index is 5.60. The molecule has 2 atom stereocenters. The minimum atomic E-state index is -1.21. The zero-order valence-corrected chi connectivity index (χ0v) is 14.8. The highest BCUT2D eigenvalue weighted by Gasteiger charge is 2.28. The molecule has 2 unspecified atom stereocenters.